The highest BCUT2D eigenvalue weighted by atomic mass is 19.1. The Bertz CT molecular complexity index is 373. The Kier molecular flexibility index (Phi) is 3.97. The highest BCUT2D eigenvalue weighted by Crippen LogP contribution is 2.21. The van der Waals surface area contributed by atoms with Gasteiger partial charge in [0.25, 0.3) is 0 Å². The van der Waals surface area contributed by atoms with Crippen LogP contribution in [0.4, 0.5) is 10.1 Å². The summed E-state index contributed by atoms with van der Waals surface area (Å²) in [4.78, 5) is 4.37. The predicted octanol–water partition coefficient (Wildman–Crippen LogP) is 1.08. The predicted molar refractivity (Wildman–Crippen MR) is 68.9 cm³/mol. The topological polar surface area (TPSA) is 32.5 Å². The van der Waals surface area contributed by atoms with E-state index in [0.29, 0.717) is 6.54 Å². The number of nitrogens with zero attached hydrogens (tertiary/aromatic N) is 2. The SMILES string of the molecule is CN1CCN(c2ccc(CCN)cc2F)CC1. The molecule has 3 nitrogen and oxygen atoms in total. The van der Waals surface area contributed by atoms with Crippen LogP contribution in [-0.2, 0) is 6.42 Å². The van der Waals surface area contributed by atoms with E-state index in [2.05, 4.69) is 16.8 Å². The fourth-order valence-corrected chi connectivity index (χ4v) is 2.18. The number of hydrogen-bond donors (Lipinski definition) is 1. The van der Waals surface area contributed by atoms with Crippen LogP contribution in [0.3, 0.4) is 0 Å². The van der Waals surface area contributed by atoms with E-state index in [1.165, 1.54) is 0 Å². The molecule has 1 saturated heterocycles. The van der Waals surface area contributed by atoms with Gasteiger partial charge in [0.05, 0.1) is 5.69 Å². The lowest BCUT2D eigenvalue weighted by molar-refractivity contribution is 0.311. The van der Waals surface area contributed by atoms with E-state index in [9.17, 15) is 4.39 Å². The molecule has 0 aromatic heterocycles. The van der Waals surface area contributed by atoms with Gasteiger partial charge in [0.15, 0.2) is 0 Å². The first-order valence-electron chi connectivity index (χ1n) is 6.12. The van der Waals surface area contributed by atoms with Crippen molar-refractivity contribution in [1.29, 1.82) is 0 Å². The van der Waals surface area contributed by atoms with Crippen LogP contribution in [0.5, 0.6) is 0 Å². The maximum Gasteiger partial charge on any atom is 0.146 e. The fourth-order valence-electron chi connectivity index (χ4n) is 2.18. The van der Waals surface area contributed by atoms with Crippen LogP contribution in [0.25, 0.3) is 0 Å². The Balaban J connectivity index is 2.10. The Labute approximate surface area is 102 Å². The molecule has 0 spiro atoms. The van der Waals surface area contributed by atoms with Gasteiger partial charge in [-0.3, -0.25) is 0 Å². The Morgan fingerprint density at radius 1 is 1.24 bits per heavy atom. The molecule has 0 bridgehead atoms. The van der Waals surface area contributed by atoms with Crippen LogP contribution in [0, 0.1) is 5.82 Å². The summed E-state index contributed by atoms with van der Waals surface area (Å²) in [7, 11) is 2.10. The second kappa shape index (κ2) is 5.47. The summed E-state index contributed by atoms with van der Waals surface area (Å²) in [5, 5.41) is 0. The lowest BCUT2D eigenvalue weighted by Crippen LogP contribution is -2.44. The van der Waals surface area contributed by atoms with Crippen molar-refractivity contribution in [1.82, 2.24) is 4.90 Å². The molecule has 1 fully saturated rings. The van der Waals surface area contributed by atoms with Crippen molar-refractivity contribution in [3.8, 4) is 0 Å². The van der Waals surface area contributed by atoms with Crippen LogP contribution >= 0.6 is 0 Å². The van der Waals surface area contributed by atoms with Crippen molar-refractivity contribution in [2.45, 2.75) is 6.42 Å². The van der Waals surface area contributed by atoms with Gasteiger partial charge in [-0.1, -0.05) is 6.07 Å². The van der Waals surface area contributed by atoms with Gasteiger partial charge in [-0.05, 0) is 37.7 Å². The molecule has 2 rings (SSSR count). The first kappa shape index (κ1) is 12.3. The lowest BCUT2D eigenvalue weighted by Gasteiger charge is -2.34. The number of benzene rings is 1. The number of anilines is 1. The highest BCUT2D eigenvalue weighted by Gasteiger charge is 2.17. The zero-order valence-electron chi connectivity index (χ0n) is 10.3. The average molecular weight is 237 g/mol. The largest absolute Gasteiger partial charge is 0.367 e. The Morgan fingerprint density at radius 2 is 1.94 bits per heavy atom. The fraction of sp³-hybridized carbons (Fsp3) is 0.538. The number of piperazine rings is 1. The van der Waals surface area contributed by atoms with E-state index in [0.717, 1.165) is 43.9 Å². The van der Waals surface area contributed by atoms with Gasteiger partial charge < -0.3 is 15.5 Å². The standard InChI is InChI=1S/C13H20FN3/c1-16-6-8-17(9-7-16)13-3-2-11(4-5-15)10-12(13)14/h2-3,10H,4-9,15H2,1H3. The van der Waals surface area contributed by atoms with Crippen LogP contribution in [0.1, 0.15) is 5.56 Å². The number of halogens is 1. The molecule has 4 heteroatoms. The first-order valence-corrected chi connectivity index (χ1v) is 6.12. The highest BCUT2D eigenvalue weighted by molar-refractivity contribution is 5.49. The van der Waals surface area contributed by atoms with Crippen LogP contribution in [0.2, 0.25) is 0 Å². The number of likely N-dealkylation sites (N-methyl/N-ethyl adjacent to an activating group) is 1. The molecule has 1 aliphatic rings. The number of rotatable bonds is 3. The first-order chi connectivity index (χ1) is 8.20. The maximum absolute atomic E-state index is 14.0. The average Bonchev–Trinajstić information content (AvgIpc) is 2.31. The molecule has 1 heterocycles. The minimum atomic E-state index is -0.125. The van der Waals surface area contributed by atoms with Crippen molar-refractivity contribution in [3.05, 3.63) is 29.6 Å². The summed E-state index contributed by atoms with van der Waals surface area (Å²) >= 11 is 0. The van der Waals surface area contributed by atoms with Crippen molar-refractivity contribution in [2.24, 2.45) is 5.73 Å². The third kappa shape index (κ3) is 2.96. The molecule has 0 aliphatic carbocycles. The second-order valence-electron chi connectivity index (χ2n) is 4.61. The van der Waals surface area contributed by atoms with E-state index in [4.69, 9.17) is 5.73 Å². The monoisotopic (exact) mass is 237 g/mol. The molecule has 1 aliphatic heterocycles. The molecule has 0 saturated carbocycles. The third-order valence-corrected chi connectivity index (χ3v) is 3.29. The van der Waals surface area contributed by atoms with Crippen molar-refractivity contribution in [3.63, 3.8) is 0 Å². The Hall–Kier alpha value is -1.13. The van der Waals surface area contributed by atoms with Crippen LogP contribution in [-0.4, -0.2) is 44.7 Å². The van der Waals surface area contributed by atoms with Gasteiger partial charge >= 0.3 is 0 Å². The summed E-state index contributed by atoms with van der Waals surface area (Å²) in [6, 6.07) is 5.47. The summed E-state index contributed by atoms with van der Waals surface area (Å²) in [5.74, 6) is -0.125. The molecule has 2 N–H and O–H groups in total. The van der Waals surface area contributed by atoms with Crippen molar-refractivity contribution >= 4 is 5.69 Å². The quantitative estimate of drug-likeness (QED) is 0.854. The molecule has 0 unspecified atom stereocenters. The molecule has 94 valence electrons. The number of nitrogens with two attached hydrogens (primary N) is 1. The zero-order valence-corrected chi connectivity index (χ0v) is 10.3. The van der Waals surface area contributed by atoms with Gasteiger partial charge in [0, 0.05) is 26.2 Å². The summed E-state index contributed by atoms with van der Waals surface area (Å²) in [5.41, 5.74) is 7.16. The molecular formula is C13H20FN3. The molecule has 0 amide bonds. The van der Waals surface area contributed by atoms with Gasteiger partial charge in [-0.15, -0.1) is 0 Å². The number of hydrogen-bond acceptors (Lipinski definition) is 3. The van der Waals surface area contributed by atoms with Crippen molar-refractivity contribution in [2.75, 3.05) is 44.7 Å². The maximum atomic E-state index is 14.0. The second-order valence-corrected chi connectivity index (χ2v) is 4.61. The summed E-state index contributed by atoms with van der Waals surface area (Å²) in [6.45, 7) is 4.33. The van der Waals surface area contributed by atoms with Gasteiger partial charge in [0.2, 0.25) is 0 Å². The summed E-state index contributed by atoms with van der Waals surface area (Å²) in [6.07, 6.45) is 0.736. The lowest BCUT2D eigenvalue weighted by atomic mass is 10.1. The normalized spacial score (nSPS) is 17.5. The van der Waals surface area contributed by atoms with E-state index in [-0.39, 0.29) is 5.82 Å². The van der Waals surface area contributed by atoms with E-state index >= 15 is 0 Å². The minimum Gasteiger partial charge on any atom is -0.367 e. The van der Waals surface area contributed by atoms with Gasteiger partial charge in [-0.25, -0.2) is 4.39 Å². The minimum absolute atomic E-state index is 0.125. The molecule has 1 aromatic rings. The van der Waals surface area contributed by atoms with E-state index in [1.807, 2.05) is 12.1 Å². The van der Waals surface area contributed by atoms with Gasteiger partial charge in [-0.2, -0.15) is 0 Å². The Morgan fingerprint density at radius 3 is 2.53 bits per heavy atom. The van der Waals surface area contributed by atoms with Crippen LogP contribution < -0.4 is 10.6 Å². The van der Waals surface area contributed by atoms with Crippen LogP contribution in [0.15, 0.2) is 18.2 Å². The van der Waals surface area contributed by atoms with E-state index < -0.39 is 0 Å². The van der Waals surface area contributed by atoms with E-state index in [1.54, 1.807) is 6.07 Å². The molecule has 0 atom stereocenters. The third-order valence-electron chi connectivity index (χ3n) is 3.29. The molecule has 17 heavy (non-hydrogen) atoms. The molecular weight excluding hydrogens is 217 g/mol. The van der Waals surface area contributed by atoms with Crippen molar-refractivity contribution < 1.29 is 4.39 Å². The zero-order chi connectivity index (χ0) is 12.3. The molecule has 0 radical (unpaired) electrons. The smallest absolute Gasteiger partial charge is 0.146 e. The van der Waals surface area contributed by atoms with Gasteiger partial charge in [0.1, 0.15) is 5.82 Å². The summed E-state index contributed by atoms with van der Waals surface area (Å²) < 4.78 is 14.0. The molecule has 1 aromatic carbocycles.